The van der Waals surface area contributed by atoms with E-state index in [4.69, 9.17) is 16.3 Å². The van der Waals surface area contributed by atoms with Crippen molar-refractivity contribution in [2.24, 2.45) is 0 Å². The summed E-state index contributed by atoms with van der Waals surface area (Å²) < 4.78 is 5.47. The van der Waals surface area contributed by atoms with Crippen LogP contribution in [0.5, 0.6) is 5.75 Å². The molecule has 1 unspecified atom stereocenters. The van der Waals surface area contributed by atoms with Gasteiger partial charge in [-0.2, -0.15) is 5.10 Å². The van der Waals surface area contributed by atoms with Gasteiger partial charge in [-0.15, -0.1) is 5.10 Å². The molecule has 0 bridgehead atoms. The number of amides is 1. The zero-order chi connectivity index (χ0) is 13.4. The lowest BCUT2D eigenvalue weighted by Gasteiger charge is -2.23. The molecule has 1 aromatic heterocycles. The summed E-state index contributed by atoms with van der Waals surface area (Å²) in [6.07, 6.45) is 1.01. The van der Waals surface area contributed by atoms with Crippen molar-refractivity contribution in [3.05, 3.63) is 29.7 Å². The summed E-state index contributed by atoms with van der Waals surface area (Å²) in [4.78, 5) is 15.6. The molecule has 0 saturated carbocycles. The van der Waals surface area contributed by atoms with Gasteiger partial charge < -0.3 is 10.1 Å². The van der Waals surface area contributed by atoms with Crippen LogP contribution in [0.25, 0.3) is 11.3 Å². The number of carbonyl (C=O) groups is 1. The van der Waals surface area contributed by atoms with Gasteiger partial charge in [0.2, 0.25) is 5.28 Å². The number of hydrogen-bond donors (Lipinski definition) is 1. The van der Waals surface area contributed by atoms with E-state index in [2.05, 4.69) is 20.5 Å². The minimum absolute atomic E-state index is 0.0733. The van der Waals surface area contributed by atoms with E-state index in [0.717, 1.165) is 5.56 Å². The zero-order valence-electron chi connectivity index (χ0n) is 9.92. The van der Waals surface area contributed by atoms with Gasteiger partial charge >= 0.3 is 0 Å². The molecular formula is C12H9ClN4O2. The number of carbonyl (C=O) groups excluding carboxylic acids is 1. The summed E-state index contributed by atoms with van der Waals surface area (Å²) >= 11 is 5.70. The third-order valence-corrected chi connectivity index (χ3v) is 2.90. The molecule has 1 aliphatic rings. The third-order valence-electron chi connectivity index (χ3n) is 2.74. The maximum atomic E-state index is 11.6. The second-order valence-corrected chi connectivity index (χ2v) is 4.41. The first-order chi connectivity index (χ1) is 9.13. The summed E-state index contributed by atoms with van der Waals surface area (Å²) in [7, 11) is 0. The molecule has 0 spiro atoms. The number of halogens is 1. The van der Waals surface area contributed by atoms with Crippen LogP contribution in [0, 0.1) is 0 Å². The van der Waals surface area contributed by atoms with Gasteiger partial charge in [-0.1, -0.05) is 0 Å². The van der Waals surface area contributed by atoms with Crippen molar-refractivity contribution >= 4 is 23.2 Å². The van der Waals surface area contributed by atoms with Crippen LogP contribution in [0.1, 0.15) is 6.92 Å². The molecule has 3 rings (SSSR count). The molecule has 1 N–H and O–H groups in total. The topological polar surface area (TPSA) is 77.0 Å². The molecular weight excluding hydrogens is 268 g/mol. The number of anilines is 1. The summed E-state index contributed by atoms with van der Waals surface area (Å²) in [5, 5.41) is 10.2. The van der Waals surface area contributed by atoms with Gasteiger partial charge in [-0.25, -0.2) is 4.98 Å². The Morgan fingerprint density at radius 2 is 2.26 bits per heavy atom. The van der Waals surface area contributed by atoms with E-state index in [1.165, 1.54) is 6.20 Å². The predicted molar refractivity (Wildman–Crippen MR) is 69.0 cm³/mol. The van der Waals surface area contributed by atoms with Gasteiger partial charge in [0, 0.05) is 5.56 Å². The van der Waals surface area contributed by atoms with E-state index >= 15 is 0 Å². The molecule has 7 heteroatoms. The number of rotatable bonds is 1. The fourth-order valence-corrected chi connectivity index (χ4v) is 1.92. The Hall–Kier alpha value is -2.21. The molecule has 0 radical (unpaired) electrons. The summed E-state index contributed by atoms with van der Waals surface area (Å²) in [5.74, 6) is 0.451. The summed E-state index contributed by atoms with van der Waals surface area (Å²) in [6, 6.07) is 5.36. The Morgan fingerprint density at radius 1 is 1.42 bits per heavy atom. The molecule has 0 fully saturated rings. The highest BCUT2D eigenvalue weighted by atomic mass is 35.5. The number of nitrogens with zero attached hydrogens (tertiary/aromatic N) is 3. The fourth-order valence-electron chi connectivity index (χ4n) is 1.79. The number of benzene rings is 1. The Labute approximate surface area is 113 Å². The van der Waals surface area contributed by atoms with E-state index in [1.807, 2.05) is 6.07 Å². The van der Waals surface area contributed by atoms with Crippen molar-refractivity contribution in [3.8, 4) is 17.0 Å². The van der Waals surface area contributed by atoms with Crippen LogP contribution in [0.3, 0.4) is 0 Å². The Kier molecular flexibility index (Phi) is 2.79. The number of ether oxygens (including phenoxy) is 1. The maximum Gasteiger partial charge on any atom is 0.265 e. The van der Waals surface area contributed by atoms with Crippen molar-refractivity contribution in [1.82, 2.24) is 15.2 Å². The zero-order valence-corrected chi connectivity index (χ0v) is 10.7. The van der Waals surface area contributed by atoms with Crippen molar-refractivity contribution in [2.45, 2.75) is 13.0 Å². The van der Waals surface area contributed by atoms with Crippen molar-refractivity contribution in [2.75, 3.05) is 5.32 Å². The van der Waals surface area contributed by atoms with Gasteiger partial charge in [-0.3, -0.25) is 4.79 Å². The summed E-state index contributed by atoms with van der Waals surface area (Å²) in [5.41, 5.74) is 1.96. The van der Waals surface area contributed by atoms with Crippen molar-refractivity contribution in [1.29, 1.82) is 0 Å². The van der Waals surface area contributed by atoms with E-state index in [9.17, 15) is 4.79 Å². The number of aromatic nitrogens is 3. The third kappa shape index (κ3) is 2.22. The molecule has 2 heterocycles. The smallest absolute Gasteiger partial charge is 0.265 e. The lowest BCUT2D eigenvalue weighted by atomic mass is 10.1. The molecule has 19 heavy (non-hydrogen) atoms. The van der Waals surface area contributed by atoms with Crippen LogP contribution in [0.4, 0.5) is 5.69 Å². The first kappa shape index (κ1) is 11.9. The lowest BCUT2D eigenvalue weighted by molar-refractivity contribution is -0.122. The van der Waals surface area contributed by atoms with Crippen molar-refractivity contribution < 1.29 is 9.53 Å². The van der Waals surface area contributed by atoms with E-state index in [1.54, 1.807) is 19.1 Å². The first-order valence-electron chi connectivity index (χ1n) is 5.60. The lowest BCUT2D eigenvalue weighted by Crippen LogP contribution is -2.34. The first-order valence-corrected chi connectivity index (χ1v) is 5.98. The van der Waals surface area contributed by atoms with Crippen LogP contribution in [-0.4, -0.2) is 27.2 Å². The molecule has 2 aromatic rings. The molecule has 6 nitrogen and oxygen atoms in total. The average molecular weight is 277 g/mol. The minimum atomic E-state index is -0.492. The fraction of sp³-hybridized carbons (Fsp3) is 0.167. The molecule has 0 aliphatic carbocycles. The average Bonchev–Trinajstić information content (AvgIpc) is 2.39. The molecule has 1 aromatic carbocycles. The largest absolute Gasteiger partial charge is 0.479 e. The highest BCUT2D eigenvalue weighted by molar-refractivity contribution is 6.28. The van der Waals surface area contributed by atoms with Crippen LogP contribution < -0.4 is 10.1 Å². The highest BCUT2D eigenvalue weighted by Gasteiger charge is 2.23. The van der Waals surface area contributed by atoms with Gasteiger partial charge in [0.15, 0.2) is 6.10 Å². The number of fused-ring (bicyclic) bond motifs is 1. The predicted octanol–water partition coefficient (Wildman–Crippen LogP) is 1.91. The molecule has 96 valence electrons. The minimum Gasteiger partial charge on any atom is -0.479 e. The maximum absolute atomic E-state index is 11.6. The van der Waals surface area contributed by atoms with Crippen LogP contribution in [0.15, 0.2) is 24.4 Å². The summed E-state index contributed by atoms with van der Waals surface area (Å²) in [6.45, 7) is 1.69. The number of hydrogen-bond acceptors (Lipinski definition) is 5. The molecule has 0 saturated heterocycles. The SMILES string of the molecule is CC1Oc2ccc(-c3cnnc(Cl)n3)cc2NC1=O. The van der Waals surface area contributed by atoms with E-state index in [0.29, 0.717) is 17.1 Å². The second-order valence-electron chi connectivity index (χ2n) is 4.07. The van der Waals surface area contributed by atoms with Crippen LogP contribution in [-0.2, 0) is 4.79 Å². The monoisotopic (exact) mass is 276 g/mol. The van der Waals surface area contributed by atoms with Crippen LogP contribution in [0.2, 0.25) is 5.28 Å². The van der Waals surface area contributed by atoms with Crippen molar-refractivity contribution in [3.63, 3.8) is 0 Å². The Balaban J connectivity index is 2.02. The molecule has 1 amide bonds. The highest BCUT2D eigenvalue weighted by Crippen LogP contribution is 2.33. The van der Waals surface area contributed by atoms with Gasteiger partial charge in [0.05, 0.1) is 17.6 Å². The normalized spacial score (nSPS) is 17.4. The molecule has 1 atom stereocenters. The standard InChI is InChI=1S/C12H9ClN4O2/c1-6-11(18)15-8-4-7(2-3-10(8)19-6)9-5-14-17-12(13)16-9/h2-6H,1H3,(H,15,18). The Morgan fingerprint density at radius 3 is 3.05 bits per heavy atom. The van der Waals surface area contributed by atoms with E-state index in [-0.39, 0.29) is 11.2 Å². The quantitative estimate of drug-likeness (QED) is 0.861. The van der Waals surface area contributed by atoms with E-state index < -0.39 is 6.10 Å². The second kappa shape index (κ2) is 4.47. The van der Waals surface area contributed by atoms with Gasteiger partial charge in [0.1, 0.15) is 5.75 Å². The number of nitrogens with one attached hydrogen (secondary N) is 1. The molecule has 1 aliphatic heterocycles. The van der Waals surface area contributed by atoms with Crippen LogP contribution >= 0.6 is 11.6 Å². The van der Waals surface area contributed by atoms with Gasteiger partial charge in [0.25, 0.3) is 5.91 Å². The Bertz CT molecular complexity index is 662. The van der Waals surface area contributed by atoms with Gasteiger partial charge in [-0.05, 0) is 36.7 Å².